The fraction of sp³-hybridized carbons (Fsp3) is 0.375. The minimum Gasteiger partial charge on any atom is -0.495 e. The second-order valence-corrected chi connectivity index (χ2v) is 3.14. The average Bonchev–Trinajstić information content (AvgIpc) is 2.01. The number of methoxy groups -OCH3 is 1. The molecule has 0 atom stereocenters. The highest BCUT2D eigenvalue weighted by Gasteiger charge is 2.04. The number of hydrogen-bond acceptors (Lipinski definition) is 2. The van der Waals surface area contributed by atoms with Crippen LogP contribution in [0.15, 0.2) is 10.7 Å². The lowest BCUT2D eigenvalue weighted by Gasteiger charge is -2.06. The summed E-state index contributed by atoms with van der Waals surface area (Å²) in [5.41, 5.74) is 2.09. The first-order chi connectivity index (χ1) is 5.16. The van der Waals surface area contributed by atoms with Crippen LogP contribution in [0.2, 0.25) is 0 Å². The first-order valence-electron chi connectivity index (χ1n) is 3.32. The first kappa shape index (κ1) is 8.53. The number of nitrogens with zero attached hydrogens (tertiary/aromatic N) is 1. The van der Waals surface area contributed by atoms with E-state index in [0.717, 1.165) is 21.5 Å². The van der Waals surface area contributed by atoms with Crippen molar-refractivity contribution >= 4 is 15.9 Å². The van der Waals surface area contributed by atoms with Crippen LogP contribution < -0.4 is 4.74 Å². The molecule has 60 valence electrons. The Hall–Kier alpha value is -0.570. The summed E-state index contributed by atoms with van der Waals surface area (Å²) in [6.07, 6.45) is 1.73. The van der Waals surface area contributed by atoms with Gasteiger partial charge in [0.2, 0.25) is 0 Å². The smallest absolute Gasteiger partial charge is 0.141 e. The molecule has 1 aromatic rings. The van der Waals surface area contributed by atoms with E-state index in [9.17, 15) is 0 Å². The van der Waals surface area contributed by atoms with Gasteiger partial charge in [0.25, 0.3) is 0 Å². The van der Waals surface area contributed by atoms with Gasteiger partial charge in [-0.25, -0.2) is 0 Å². The SMILES string of the molecule is COc1cnc(C)c(Br)c1C. The zero-order valence-electron chi connectivity index (χ0n) is 6.81. The molecule has 0 radical (unpaired) electrons. The Morgan fingerprint density at radius 2 is 2.09 bits per heavy atom. The molecule has 0 spiro atoms. The standard InChI is InChI=1S/C8H10BrNO/c1-5-7(11-3)4-10-6(2)8(5)9/h4H,1-3H3. The molecule has 0 aromatic carbocycles. The van der Waals surface area contributed by atoms with Crippen LogP contribution in [0.5, 0.6) is 5.75 Å². The van der Waals surface area contributed by atoms with Gasteiger partial charge in [-0.2, -0.15) is 0 Å². The van der Waals surface area contributed by atoms with Gasteiger partial charge >= 0.3 is 0 Å². The Kier molecular flexibility index (Phi) is 2.49. The molecule has 1 heterocycles. The summed E-state index contributed by atoms with van der Waals surface area (Å²) >= 11 is 3.43. The van der Waals surface area contributed by atoms with Gasteiger partial charge in [-0.1, -0.05) is 0 Å². The highest BCUT2D eigenvalue weighted by molar-refractivity contribution is 9.10. The fourth-order valence-electron chi connectivity index (χ4n) is 0.894. The van der Waals surface area contributed by atoms with Crippen molar-refractivity contribution in [3.8, 4) is 5.75 Å². The third kappa shape index (κ3) is 1.53. The minimum absolute atomic E-state index is 0.822. The van der Waals surface area contributed by atoms with Crippen molar-refractivity contribution in [2.75, 3.05) is 7.11 Å². The molecule has 0 aliphatic heterocycles. The van der Waals surface area contributed by atoms with Gasteiger partial charge in [0, 0.05) is 10.0 Å². The number of aryl methyl sites for hydroxylation is 1. The molecule has 1 rings (SSSR count). The van der Waals surface area contributed by atoms with Gasteiger partial charge in [-0.05, 0) is 29.8 Å². The number of halogens is 1. The molecular formula is C8H10BrNO. The largest absolute Gasteiger partial charge is 0.495 e. The van der Waals surface area contributed by atoms with Gasteiger partial charge in [-0.15, -0.1) is 0 Å². The second kappa shape index (κ2) is 3.22. The zero-order valence-corrected chi connectivity index (χ0v) is 8.40. The summed E-state index contributed by atoms with van der Waals surface area (Å²) in [6.45, 7) is 3.95. The van der Waals surface area contributed by atoms with E-state index < -0.39 is 0 Å². The summed E-state index contributed by atoms with van der Waals surface area (Å²) in [5, 5.41) is 0. The van der Waals surface area contributed by atoms with Crippen LogP contribution in [0.1, 0.15) is 11.3 Å². The maximum absolute atomic E-state index is 5.09. The van der Waals surface area contributed by atoms with Crippen LogP contribution in [0.3, 0.4) is 0 Å². The predicted octanol–water partition coefficient (Wildman–Crippen LogP) is 2.47. The molecule has 11 heavy (non-hydrogen) atoms. The number of pyridine rings is 1. The van der Waals surface area contributed by atoms with E-state index in [4.69, 9.17) is 4.74 Å². The van der Waals surface area contributed by atoms with Crippen molar-refractivity contribution in [2.24, 2.45) is 0 Å². The van der Waals surface area contributed by atoms with Crippen LogP contribution in [-0.4, -0.2) is 12.1 Å². The van der Waals surface area contributed by atoms with Gasteiger partial charge in [0.15, 0.2) is 0 Å². The van der Waals surface area contributed by atoms with E-state index in [2.05, 4.69) is 20.9 Å². The summed E-state index contributed by atoms with van der Waals surface area (Å²) < 4.78 is 6.11. The molecule has 3 heteroatoms. The van der Waals surface area contributed by atoms with Crippen LogP contribution >= 0.6 is 15.9 Å². The molecular weight excluding hydrogens is 206 g/mol. The van der Waals surface area contributed by atoms with Gasteiger partial charge in [-0.3, -0.25) is 4.98 Å². The summed E-state index contributed by atoms with van der Waals surface area (Å²) in [6, 6.07) is 0. The highest BCUT2D eigenvalue weighted by Crippen LogP contribution is 2.26. The van der Waals surface area contributed by atoms with Crippen molar-refractivity contribution < 1.29 is 4.74 Å². The number of hydrogen-bond donors (Lipinski definition) is 0. The molecule has 1 aromatic heterocycles. The van der Waals surface area contributed by atoms with E-state index >= 15 is 0 Å². The first-order valence-corrected chi connectivity index (χ1v) is 4.11. The highest BCUT2D eigenvalue weighted by atomic mass is 79.9. The molecule has 0 aliphatic rings. The molecule has 0 amide bonds. The van der Waals surface area contributed by atoms with E-state index in [1.807, 2.05) is 13.8 Å². The van der Waals surface area contributed by atoms with E-state index in [1.54, 1.807) is 13.3 Å². The van der Waals surface area contributed by atoms with Gasteiger partial charge in [0.05, 0.1) is 19.0 Å². The maximum atomic E-state index is 5.09. The maximum Gasteiger partial charge on any atom is 0.141 e. The molecule has 0 fully saturated rings. The Labute approximate surface area is 74.7 Å². The van der Waals surface area contributed by atoms with Gasteiger partial charge in [0.1, 0.15) is 5.75 Å². The zero-order chi connectivity index (χ0) is 8.43. The number of rotatable bonds is 1. The monoisotopic (exact) mass is 215 g/mol. The lowest BCUT2D eigenvalue weighted by Crippen LogP contribution is -1.92. The average molecular weight is 216 g/mol. The Balaban J connectivity index is 3.25. The van der Waals surface area contributed by atoms with Crippen molar-refractivity contribution in [2.45, 2.75) is 13.8 Å². The normalized spacial score (nSPS) is 9.82. The number of aromatic nitrogens is 1. The third-order valence-electron chi connectivity index (χ3n) is 1.61. The Morgan fingerprint density at radius 3 is 2.64 bits per heavy atom. The van der Waals surface area contributed by atoms with Crippen molar-refractivity contribution in [1.29, 1.82) is 0 Å². The molecule has 0 saturated carbocycles. The lowest BCUT2D eigenvalue weighted by atomic mass is 10.2. The summed E-state index contributed by atoms with van der Waals surface area (Å²) in [7, 11) is 1.64. The van der Waals surface area contributed by atoms with Crippen LogP contribution in [-0.2, 0) is 0 Å². The van der Waals surface area contributed by atoms with Crippen LogP contribution in [0.4, 0.5) is 0 Å². The predicted molar refractivity (Wildman–Crippen MR) is 48.0 cm³/mol. The van der Waals surface area contributed by atoms with Crippen LogP contribution in [0, 0.1) is 13.8 Å². The van der Waals surface area contributed by atoms with Crippen molar-refractivity contribution in [1.82, 2.24) is 4.98 Å². The molecule has 0 saturated heterocycles. The third-order valence-corrected chi connectivity index (χ3v) is 2.78. The number of ether oxygens (including phenoxy) is 1. The second-order valence-electron chi connectivity index (χ2n) is 2.35. The topological polar surface area (TPSA) is 22.1 Å². The van der Waals surface area contributed by atoms with Gasteiger partial charge < -0.3 is 4.74 Å². The lowest BCUT2D eigenvalue weighted by molar-refractivity contribution is 0.409. The Bertz CT molecular complexity index is 273. The van der Waals surface area contributed by atoms with Crippen molar-refractivity contribution in [3.05, 3.63) is 21.9 Å². The molecule has 0 aliphatic carbocycles. The Morgan fingerprint density at radius 1 is 1.45 bits per heavy atom. The molecule has 0 bridgehead atoms. The molecule has 2 nitrogen and oxygen atoms in total. The summed E-state index contributed by atoms with van der Waals surface area (Å²) in [4.78, 5) is 4.14. The molecule has 0 unspecified atom stereocenters. The quantitative estimate of drug-likeness (QED) is 0.719. The van der Waals surface area contributed by atoms with E-state index in [0.29, 0.717) is 0 Å². The van der Waals surface area contributed by atoms with Crippen molar-refractivity contribution in [3.63, 3.8) is 0 Å². The fourth-order valence-corrected chi connectivity index (χ4v) is 1.19. The van der Waals surface area contributed by atoms with E-state index in [-0.39, 0.29) is 0 Å². The van der Waals surface area contributed by atoms with E-state index in [1.165, 1.54) is 0 Å². The molecule has 0 N–H and O–H groups in total. The summed E-state index contributed by atoms with van der Waals surface area (Å²) in [5.74, 6) is 0.822. The minimum atomic E-state index is 0.822. The van der Waals surface area contributed by atoms with Crippen LogP contribution in [0.25, 0.3) is 0 Å².